The zero-order chi connectivity index (χ0) is 22.1. The van der Waals surface area contributed by atoms with Crippen LogP contribution in [0.3, 0.4) is 0 Å². The first kappa shape index (κ1) is 22.7. The molecule has 0 saturated heterocycles. The summed E-state index contributed by atoms with van der Waals surface area (Å²) in [6.07, 6.45) is -6.28. The number of anilines is 1. The van der Waals surface area contributed by atoms with Gasteiger partial charge >= 0.3 is 18.2 Å². The SMILES string of the molecule is O=C(O)CCC(NC(=O)OCc1ccccc1)C(=O)Nc1cccc(C(F)(F)F)c1. The molecule has 0 aliphatic rings. The maximum Gasteiger partial charge on any atom is 0.416 e. The molecule has 2 aromatic rings. The maximum atomic E-state index is 12.8. The van der Waals surface area contributed by atoms with Crippen LogP contribution in [-0.2, 0) is 27.1 Å². The van der Waals surface area contributed by atoms with Gasteiger partial charge < -0.3 is 20.5 Å². The van der Waals surface area contributed by atoms with Gasteiger partial charge in [-0.25, -0.2) is 4.79 Å². The molecule has 0 fully saturated rings. The van der Waals surface area contributed by atoms with E-state index in [0.29, 0.717) is 5.56 Å². The van der Waals surface area contributed by atoms with E-state index in [1.807, 2.05) is 0 Å². The van der Waals surface area contributed by atoms with Gasteiger partial charge in [-0.05, 0) is 30.2 Å². The summed E-state index contributed by atoms with van der Waals surface area (Å²) in [7, 11) is 0. The number of halogens is 3. The Kier molecular flexibility index (Phi) is 7.79. The minimum atomic E-state index is -4.59. The lowest BCUT2D eigenvalue weighted by molar-refractivity contribution is -0.138. The van der Waals surface area contributed by atoms with Crippen molar-refractivity contribution in [3.05, 3.63) is 65.7 Å². The number of alkyl halides is 3. The molecule has 1 unspecified atom stereocenters. The Hall–Kier alpha value is -3.56. The molecule has 0 aliphatic carbocycles. The largest absolute Gasteiger partial charge is 0.481 e. The number of alkyl carbamates (subject to hydrolysis) is 1. The number of nitrogens with one attached hydrogen (secondary N) is 2. The monoisotopic (exact) mass is 424 g/mol. The molecule has 0 spiro atoms. The molecule has 2 amide bonds. The van der Waals surface area contributed by atoms with Crippen molar-refractivity contribution in [1.82, 2.24) is 5.32 Å². The molecular formula is C20H19F3N2O5. The Balaban J connectivity index is 2.03. The molecule has 160 valence electrons. The summed E-state index contributed by atoms with van der Waals surface area (Å²) in [5, 5.41) is 13.3. The van der Waals surface area contributed by atoms with Gasteiger partial charge in [-0.2, -0.15) is 13.2 Å². The Morgan fingerprint density at radius 1 is 1.03 bits per heavy atom. The molecule has 2 aromatic carbocycles. The van der Waals surface area contributed by atoms with E-state index in [2.05, 4.69) is 10.6 Å². The van der Waals surface area contributed by atoms with Crippen molar-refractivity contribution < 1.29 is 37.4 Å². The molecule has 0 aromatic heterocycles. The highest BCUT2D eigenvalue weighted by molar-refractivity contribution is 5.96. The van der Waals surface area contributed by atoms with Crippen molar-refractivity contribution in [3.63, 3.8) is 0 Å². The summed E-state index contributed by atoms with van der Waals surface area (Å²) in [6, 6.07) is 11.3. The Bertz CT molecular complexity index is 888. The Labute approximate surface area is 169 Å². The van der Waals surface area contributed by atoms with Crippen LogP contribution in [0, 0.1) is 0 Å². The van der Waals surface area contributed by atoms with Crippen LogP contribution in [0.15, 0.2) is 54.6 Å². The first-order chi connectivity index (χ1) is 14.1. The van der Waals surface area contributed by atoms with Crippen LogP contribution in [-0.4, -0.2) is 29.1 Å². The van der Waals surface area contributed by atoms with Gasteiger partial charge in [0, 0.05) is 12.1 Å². The Morgan fingerprint density at radius 2 is 1.73 bits per heavy atom. The van der Waals surface area contributed by atoms with Crippen LogP contribution in [0.25, 0.3) is 0 Å². The molecule has 3 N–H and O–H groups in total. The van der Waals surface area contributed by atoms with Crippen molar-refractivity contribution in [1.29, 1.82) is 0 Å². The number of aliphatic carboxylic acids is 1. The summed E-state index contributed by atoms with van der Waals surface area (Å²) < 4.78 is 43.5. The Morgan fingerprint density at radius 3 is 2.37 bits per heavy atom. The molecule has 30 heavy (non-hydrogen) atoms. The topological polar surface area (TPSA) is 105 Å². The van der Waals surface area contributed by atoms with E-state index >= 15 is 0 Å². The van der Waals surface area contributed by atoms with E-state index in [-0.39, 0.29) is 18.7 Å². The number of carbonyl (C=O) groups excluding carboxylic acids is 2. The number of carboxylic acids is 1. The van der Waals surface area contributed by atoms with E-state index in [4.69, 9.17) is 9.84 Å². The van der Waals surface area contributed by atoms with Crippen molar-refractivity contribution >= 4 is 23.7 Å². The van der Waals surface area contributed by atoms with Crippen LogP contribution < -0.4 is 10.6 Å². The highest BCUT2D eigenvalue weighted by Crippen LogP contribution is 2.30. The van der Waals surface area contributed by atoms with Crippen LogP contribution >= 0.6 is 0 Å². The highest BCUT2D eigenvalue weighted by Gasteiger charge is 2.31. The lowest BCUT2D eigenvalue weighted by atomic mass is 10.1. The predicted octanol–water partition coefficient (Wildman–Crippen LogP) is 3.80. The van der Waals surface area contributed by atoms with Gasteiger partial charge in [0.2, 0.25) is 5.91 Å². The molecule has 10 heteroatoms. The van der Waals surface area contributed by atoms with Crippen LogP contribution in [0.2, 0.25) is 0 Å². The fourth-order valence-electron chi connectivity index (χ4n) is 2.45. The molecule has 0 saturated carbocycles. The van der Waals surface area contributed by atoms with E-state index in [0.717, 1.165) is 18.2 Å². The van der Waals surface area contributed by atoms with Crippen molar-refractivity contribution in [2.75, 3.05) is 5.32 Å². The number of rotatable bonds is 8. The van der Waals surface area contributed by atoms with E-state index < -0.39 is 42.2 Å². The smallest absolute Gasteiger partial charge is 0.416 e. The third kappa shape index (κ3) is 7.46. The van der Waals surface area contributed by atoms with Gasteiger partial charge in [-0.1, -0.05) is 36.4 Å². The van der Waals surface area contributed by atoms with Crippen LogP contribution in [0.1, 0.15) is 24.0 Å². The number of hydrogen-bond donors (Lipinski definition) is 3. The summed E-state index contributed by atoms with van der Waals surface area (Å²) >= 11 is 0. The summed E-state index contributed by atoms with van der Waals surface area (Å²) in [4.78, 5) is 35.3. The summed E-state index contributed by atoms with van der Waals surface area (Å²) in [5.74, 6) is -2.07. The first-order valence-corrected chi connectivity index (χ1v) is 8.82. The van der Waals surface area contributed by atoms with Crippen LogP contribution in [0.5, 0.6) is 0 Å². The normalized spacial score (nSPS) is 12.0. The van der Waals surface area contributed by atoms with E-state index in [1.165, 1.54) is 6.07 Å². The number of hydrogen-bond acceptors (Lipinski definition) is 4. The molecule has 0 bridgehead atoms. The quantitative estimate of drug-likeness (QED) is 0.598. The van der Waals surface area contributed by atoms with Gasteiger partial charge in [0.05, 0.1) is 5.56 Å². The third-order valence-electron chi connectivity index (χ3n) is 3.93. The first-order valence-electron chi connectivity index (χ1n) is 8.82. The van der Waals surface area contributed by atoms with Crippen molar-refractivity contribution in [3.8, 4) is 0 Å². The van der Waals surface area contributed by atoms with Gasteiger partial charge in [-0.15, -0.1) is 0 Å². The van der Waals surface area contributed by atoms with Gasteiger partial charge in [0.15, 0.2) is 0 Å². The molecule has 0 aliphatic heterocycles. The zero-order valence-corrected chi connectivity index (χ0v) is 15.6. The predicted molar refractivity (Wildman–Crippen MR) is 100 cm³/mol. The second-order valence-corrected chi connectivity index (χ2v) is 6.26. The highest BCUT2D eigenvalue weighted by atomic mass is 19.4. The van der Waals surface area contributed by atoms with Gasteiger partial charge in [0.25, 0.3) is 0 Å². The number of amides is 2. The van der Waals surface area contributed by atoms with Gasteiger partial charge in [0.1, 0.15) is 12.6 Å². The number of benzene rings is 2. The van der Waals surface area contributed by atoms with Crippen LogP contribution in [0.4, 0.5) is 23.7 Å². The van der Waals surface area contributed by atoms with Crippen molar-refractivity contribution in [2.24, 2.45) is 0 Å². The molecule has 2 rings (SSSR count). The third-order valence-corrected chi connectivity index (χ3v) is 3.93. The molecule has 7 nitrogen and oxygen atoms in total. The van der Waals surface area contributed by atoms with Gasteiger partial charge in [-0.3, -0.25) is 9.59 Å². The summed E-state index contributed by atoms with van der Waals surface area (Å²) in [6.45, 7) is -0.0758. The van der Waals surface area contributed by atoms with Crippen molar-refractivity contribution in [2.45, 2.75) is 31.7 Å². The zero-order valence-electron chi connectivity index (χ0n) is 15.6. The molecular weight excluding hydrogens is 405 g/mol. The standard InChI is InChI=1S/C20H19F3N2O5/c21-20(22,23)14-7-4-8-15(11-14)24-18(28)16(9-10-17(26)27)25-19(29)30-12-13-5-2-1-3-6-13/h1-8,11,16H,9-10,12H2,(H,24,28)(H,25,29)(H,26,27). The number of ether oxygens (including phenoxy) is 1. The minimum absolute atomic E-state index is 0.0758. The number of carboxylic acid groups (broad SMARTS) is 1. The average molecular weight is 424 g/mol. The second-order valence-electron chi connectivity index (χ2n) is 6.26. The molecule has 0 heterocycles. The second kappa shape index (κ2) is 10.3. The lowest BCUT2D eigenvalue weighted by Gasteiger charge is -2.18. The minimum Gasteiger partial charge on any atom is -0.481 e. The van der Waals surface area contributed by atoms with E-state index in [9.17, 15) is 27.6 Å². The van der Waals surface area contributed by atoms with E-state index in [1.54, 1.807) is 30.3 Å². The number of carbonyl (C=O) groups is 3. The fourth-order valence-corrected chi connectivity index (χ4v) is 2.45. The average Bonchev–Trinajstić information content (AvgIpc) is 2.69. The maximum absolute atomic E-state index is 12.8. The summed E-state index contributed by atoms with van der Waals surface area (Å²) in [5.41, 5.74) is -0.407. The molecule has 1 atom stereocenters. The lowest BCUT2D eigenvalue weighted by Crippen LogP contribution is -2.44. The molecule has 0 radical (unpaired) electrons. The fraction of sp³-hybridized carbons (Fsp3) is 0.250.